The molecule has 0 fully saturated rings. The average Bonchev–Trinajstić information content (AvgIpc) is 3.20. The molecule has 3 rings (SSSR count). The quantitative estimate of drug-likeness (QED) is 0.676. The van der Waals surface area contributed by atoms with Crippen LogP contribution in [0.3, 0.4) is 0 Å². The first-order chi connectivity index (χ1) is 11.2. The first-order valence-corrected chi connectivity index (χ1v) is 7.94. The van der Waals surface area contributed by atoms with Crippen molar-refractivity contribution in [1.82, 2.24) is 24.6 Å². The summed E-state index contributed by atoms with van der Waals surface area (Å²) in [6.45, 7) is 2.04. The highest BCUT2D eigenvalue weighted by molar-refractivity contribution is 6.35. The molecule has 23 heavy (non-hydrogen) atoms. The topological polar surface area (TPSA) is 64.7 Å². The van der Waals surface area contributed by atoms with Gasteiger partial charge in [-0.1, -0.05) is 17.7 Å². The predicted octanol–water partition coefficient (Wildman–Crippen LogP) is 2.48. The van der Waals surface area contributed by atoms with Crippen molar-refractivity contribution < 1.29 is 4.79 Å². The van der Waals surface area contributed by atoms with Crippen LogP contribution in [0.25, 0.3) is 10.9 Å². The zero-order chi connectivity index (χ0) is 16.1. The predicted molar refractivity (Wildman–Crippen MR) is 89.2 cm³/mol. The van der Waals surface area contributed by atoms with Crippen LogP contribution in [0.15, 0.2) is 43.1 Å². The van der Waals surface area contributed by atoms with E-state index >= 15 is 0 Å². The Balaban J connectivity index is 1.44. The summed E-state index contributed by atoms with van der Waals surface area (Å²) in [4.78, 5) is 15.9. The number of benzene rings is 1. The molecule has 1 aromatic carbocycles. The van der Waals surface area contributed by atoms with Gasteiger partial charge in [-0.25, -0.2) is 4.98 Å². The van der Waals surface area contributed by atoms with E-state index in [9.17, 15) is 4.79 Å². The van der Waals surface area contributed by atoms with Gasteiger partial charge in [-0.3, -0.25) is 9.48 Å². The molecule has 2 heterocycles. The summed E-state index contributed by atoms with van der Waals surface area (Å²) in [5.74, 6) is 0.0290. The van der Waals surface area contributed by atoms with Crippen LogP contribution in [0, 0.1) is 0 Å². The number of halogens is 1. The van der Waals surface area contributed by atoms with E-state index in [-0.39, 0.29) is 5.91 Å². The van der Waals surface area contributed by atoms with Crippen molar-refractivity contribution in [2.75, 3.05) is 6.54 Å². The average molecular weight is 332 g/mol. The number of hydrogen-bond donors (Lipinski definition) is 1. The molecule has 0 unspecified atom stereocenters. The summed E-state index contributed by atoms with van der Waals surface area (Å²) in [5.41, 5.74) is 0.949. The van der Waals surface area contributed by atoms with E-state index < -0.39 is 0 Å². The normalized spacial score (nSPS) is 11.0. The molecule has 0 saturated carbocycles. The third kappa shape index (κ3) is 3.90. The van der Waals surface area contributed by atoms with Crippen molar-refractivity contribution >= 4 is 28.4 Å². The van der Waals surface area contributed by atoms with Gasteiger partial charge in [0.25, 0.3) is 0 Å². The Morgan fingerprint density at radius 3 is 3.04 bits per heavy atom. The molecule has 6 nitrogen and oxygen atoms in total. The number of fused-ring (bicyclic) bond motifs is 1. The summed E-state index contributed by atoms with van der Waals surface area (Å²) >= 11 is 6.12. The molecule has 0 radical (unpaired) electrons. The highest BCUT2D eigenvalue weighted by Gasteiger charge is 2.07. The second kappa shape index (κ2) is 7.28. The number of aryl methyl sites for hydroxylation is 2. The van der Waals surface area contributed by atoms with Crippen LogP contribution in [0.2, 0.25) is 5.02 Å². The van der Waals surface area contributed by atoms with Crippen LogP contribution < -0.4 is 5.32 Å². The second-order valence-corrected chi connectivity index (χ2v) is 5.70. The maximum atomic E-state index is 11.9. The number of nitrogens with one attached hydrogen (secondary N) is 1. The minimum absolute atomic E-state index is 0.0290. The fourth-order valence-corrected chi connectivity index (χ4v) is 2.67. The summed E-state index contributed by atoms with van der Waals surface area (Å²) in [6.07, 6.45) is 8.45. The molecule has 0 atom stereocenters. The number of rotatable bonds is 7. The molecule has 1 N–H and O–H groups in total. The zero-order valence-corrected chi connectivity index (χ0v) is 13.4. The Hall–Kier alpha value is -2.34. The van der Waals surface area contributed by atoms with Gasteiger partial charge < -0.3 is 9.88 Å². The Kier molecular flexibility index (Phi) is 4.92. The third-order valence-electron chi connectivity index (χ3n) is 3.66. The number of hydrogen-bond acceptors (Lipinski definition) is 3. The number of carbonyl (C=O) groups excluding carboxylic acids is 1. The van der Waals surface area contributed by atoms with Gasteiger partial charge >= 0.3 is 0 Å². The van der Waals surface area contributed by atoms with Gasteiger partial charge in [0.15, 0.2) is 0 Å². The molecular weight excluding hydrogens is 314 g/mol. The van der Waals surface area contributed by atoms with Crippen LogP contribution in [-0.4, -0.2) is 31.8 Å². The van der Waals surface area contributed by atoms with Crippen molar-refractivity contribution in [1.29, 1.82) is 0 Å². The van der Waals surface area contributed by atoms with Crippen molar-refractivity contribution in [3.63, 3.8) is 0 Å². The van der Waals surface area contributed by atoms with Gasteiger partial charge in [0.05, 0.1) is 29.6 Å². The van der Waals surface area contributed by atoms with Crippen LogP contribution in [0.5, 0.6) is 0 Å². The molecule has 0 spiro atoms. The van der Waals surface area contributed by atoms with Gasteiger partial charge in [0.1, 0.15) is 0 Å². The molecule has 0 aliphatic rings. The fourth-order valence-electron chi connectivity index (χ4n) is 2.45. The summed E-state index contributed by atoms with van der Waals surface area (Å²) in [5, 5.41) is 8.82. The molecule has 120 valence electrons. The van der Waals surface area contributed by atoms with Crippen LogP contribution in [-0.2, 0) is 17.9 Å². The lowest BCUT2D eigenvalue weighted by molar-refractivity contribution is -0.121. The van der Waals surface area contributed by atoms with Gasteiger partial charge in [0.2, 0.25) is 5.91 Å². The van der Waals surface area contributed by atoms with Crippen LogP contribution in [0.1, 0.15) is 12.8 Å². The molecule has 7 heteroatoms. The number of amides is 1. The highest BCUT2D eigenvalue weighted by atomic mass is 35.5. The molecule has 0 saturated heterocycles. The van der Waals surface area contributed by atoms with Gasteiger partial charge in [-0.05, 0) is 18.6 Å². The highest BCUT2D eigenvalue weighted by Crippen LogP contribution is 2.22. The van der Waals surface area contributed by atoms with Gasteiger partial charge in [-0.2, -0.15) is 5.10 Å². The van der Waals surface area contributed by atoms with Crippen LogP contribution in [0.4, 0.5) is 0 Å². The summed E-state index contributed by atoms with van der Waals surface area (Å²) in [7, 11) is 0. The van der Waals surface area contributed by atoms with Crippen molar-refractivity contribution in [2.45, 2.75) is 25.9 Å². The summed E-state index contributed by atoms with van der Waals surface area (Å²) < 4.78 is 3.80. The smallest absolute Gasteiger partial charge is 0.221 e. The molecule has 0 bridgehead atoms. The van der Waals surface area contributed by atoms with Gasteiger partial charge in [0, 0.05) is 37.3 Å². The van der Waals surface area contributed by atoms with Crippen molar-refractivity contribution in [3.05, 3.63) is 48.1 Å². The maximum absolute atomic E-state index is 11.9. The monoisotopic (exact) mass is 331 g/mol. The molecule has 3 aromatic rings. The Morgan fingerprint density at radius 1 is 1.30 bits per heavy atom. The Labute approximate surface area is 139 Å². The second-order valence-electron chi connectivity index (χ2n) is 5.29. The van der Waals surface area contributed by atoms with E-state index in [4.69, 9.17) is 11.6 Å². The Bertz CT molecular complexity index is 781. The van der Waals surface area contributed by atoms with Crippen molar-refractivity contribution in [2.24, 2.45) is 0 Å². The lowest BCUT2D eigenvalue weighted by Crippen LogP contribution is -2.26. The zero-order valence-electron chi connectivity index (χ0n) is 12.7. The number of carbonyl (C=O) groups is 1. The van der Waals surface area contributed by atoms with Crippen molar-refractivity contribution in [3.8, 4) is 0 Å². The van der Waals surface area contributed by atoms with Gasteiger partial charge in [-0.15, -0.1) is 0 Å². The SMILES string of the molecule is O=C(CCn1ncc2c(Cl)cccc21)NCCCn1ccnc1. The third-order valence-corrected chi connectivity index (χ3v) is 3.99. The fraction of sp³-hybridized carbons (Fsp3) is 0.312. The van der Waals surface area contributed by atoms with E-state index in [1.807, 2.05) is 33.6 Å². The number of aromatic nitrogens is 4. The first kappa shape index (κ1) is 15.6. The molecule has 0 aliphatic heterocycles. The maximum Gasteiger partial charge on any atom is 0.221 e. The lowest BCUT2D eigenvalue weighted by Gasteiger charge is -2.07. The molecule has 1 amide bonds. The molecule has 0 aliphatic carbocycles. The van der Waals surface area contributed by atoms with E-state index in [1.54, 1.807) is 18.7 Å². The minimum Gasteiger partial charge on any atom is -0.356 e. The standard InChI is InChI=1S/C16H18ClN5O/c17-14-3-1-4-15-13(14)11-20-22(15)9-5-16(23)19-6-2-8-21-10-7-18-12-21/h1,3-4,7,10-12H,2,5-6,8-9H2,(H,19,23). The van der Waals surface area contributed by atoms with E-state index in [0.717, 1.165) is 23.9 Å². The van der Waals surface area contributed by atoms with E-state index in [1.165, 1.54) is 0 Å². The van der Waals surface area contributed by atoms with E-state index in [2.05, 4.69) is 15.4 Å². The molecule has 2 aromatic heterocycles. The lowest BCUT2D eigenvalue weighted by atomic mass is 10.2. The first-order valence-electron chi connectivity index (χ1n) is 7.56. The van der Waals surface area contributed by atoms with Crippen LogP contribution >= 0.6 is 11.6 Å². The Morgan fingerprint density at radius 2 is 2.22 bits per heavy atom. The number of nitrogens with zero attached hydrogens (tertiary/aromatic N) is 4. The largest absolute Gasteiger partial charge is 0.356 e. The minimum atomic E-state index is 0.0290. The summed E-state index contributed by atoms with van der Waals surface area (Å²) in [6, 6.07) is 5.68. The molecular formula is C16H18ClN5O. The van der Waals surface area contributed by atoms with E-state index in [0.29, 0.717) is 24.5 Å². The number of imidazole rings is 1.